The minimum absolute atomic E-state index is 0.0581. The van der Waals surface area contributed by atoms with Gasteiger partial charge in [0, 0.05) is 19.0 Å². The van der Waals surface area contributed by atoms with Crippen LogP contribution in [0.3, 0.4) is 0 Å². The molecule has 0 unspecified atom stereocenters. The maximum absolute atomic E-state index is 14.6. The van der Waals surface area contributed by atoms with Crippen LogP contribution in [0.5, 0.6) is 0 Å². The quantitative estimate of drug-likeness (QED) is 0.384. The summed E-state index contributed by atoms with van der Waals surface area (Å²) in [6.07, 6.45) is 7.57. The fourth-order valence-electron chi connectivity index (χ4n) is 7.03. The van der Waals surface area contributed by atoms with Gasteiger partial charge in [-0.2, -0.15) is 0 Å². The zero-order chi connectivity index (χ0) is 30.9. The van der Waals surface area contributed by atoms with Crippen LogP contribution in [0.4, 0.5) is 0 Å². The lowest BCUT2D eigenvalue weighted by Crippen LogP contribution is -2.60. The molecule has 10 nitrogen and oxygen atoms in total. The van der Waals surface area contributed by atoms with Crippen molar-refractivity contribution < 1.29 is 33.8 Å². The van der Waals surface area contributed by atoms with Crippen LogP contribution in [-0.4, -0.2) is 88.2 Å². The summed E-state index contributed by atoms with van der Waals surface area (Å²) in [6, 6.07) is 6.78. The Morgan fingerprint density at radius 2 is 1.81 bits per heavy atom. The fourth-order valence-corrected chi connectivity index (χ4v) is 7.03. The maximum atomic E-state index is 14.6. The van der Waals surface area contributed by atoms with Crippen LogP contribution in [0, 0.1) is 17.8 Å². The van der Waals surface area contributed by atoms with E-state index in [1.165, 1.54) is 4.90 Å². The number of carbonyl (C=O) groups is 4. The Balaban J connectivity index is 1.63. The first-order valence-corrected chi connectivity index (χ1v) is 15.4. The molecule has 1 aromatic rings. The van der Waals surface area contributed by atoms with Gasteiger partial charge in [-0.1, -0.05) is 74.9 Å². The molecule has 0 radical (unpaired) electrons. The number of nitrogens with one attached hydrogen (secondary N) is 1. The lowest BCUT2D eigenvalue weighted by atomic mass is 9.77. The van der Waals surface area contributed by atoms with Gasteiger partial charge in [-0.05, 0) is 31.7 Å². The number of amides is 3. The van der Waals surface area contributed by atoms with E-state index in [1.807, 2.05) is 64.1 Å². The van der Waals surface area contributed by atoms with Gasteiger partial charge >= 0.3 is 5.97 Å². The molecule has 2 N–H and O–H groups in total. The highest BCUT2D eigenvalue weighted by molar-refractivity contribution is 6.00. The lowest BCUT2D eigenvalue weighted by Gasteiger charge is -2.41. The Labute approximate surface area is 253 Å². The largest absolute Gasteiger partial charge is 0.463 e. The third kappa shape index (κ3) is 5.51. The number of aliphatic hydroxyl groups is 1. The number of allylic oxidation sites excluding steroid dienone is 1. The molecule has 0 aliphatic carbocycles. The van der Waals surface area contributed by atoms with Gasteiger partial charge in [-0.25, -0.2) is 0 Å². The Hall–Kier alpha value is -3.50. The van der Waals surface area contributed by atoms with Crippen LogP contribution >= 0.6 is 0 Å². The number of esters is 1. The highest BCUT2D eigenvalue weighted by Gasteiger charge is 2.72. The first-order valence-electron chi connectivity index (χ1n) is 15.4. The number of ether oxygens (including phenoxy) is 2. The maximum Gasteiger partial charge on any atom is 0.306 e. The molecule has 1 spiro atoms. The van der Waals surface area contributed by atoms with Crippen LogP contribution < -0.4 is 5.32 Å². The molecular weight excluding hydrogens is 550 g/mol. The van der Waals surface area contributed by atoms with Gasteiger partial charge in [0.2, 0.25) is 17.7 Å². The zero-order valence-corrected chi connectivity index (χ0v) is 25.3. The van der Waals surface area contributed by atoms with Crippen molar-refractivity contribution in [3.8, 4) is 0 Å². The summed E-state index contributed by atoms with van der Waals surface area (Å²) >= 11 is 0. The minimum atomic E-state index is -1.41. The SMILES string of the molecule is CC[C@H](C)[C@H](CO)N1C(=O)[C@H]2[C@@H]3C(=O)N[C@@H](c4ccccc4)COC(=O)CC/C=C\[C@@H]3O[C@]23C=CCN(C(C)C)C(=O)[C@H]13. The molecule has 2 fully saturated rings. The number of hydrogen-bond acceptors (Lipinski definition) is 7. The summed E-state index contributed by atoms with van der Waals surface area (Å²) in [6.45, 7) is 7.74. The van der Waals surface area contributed by atoms with Crippen molar-refractivity contribution in [1.29, 1.82) is 0 Å². The summed E-state index contributed by atoms with van der Waals surface area (Å²) < 4.78 is 12.3. The summed E-state index contributed by atoms with van der Waals surface area (Å²) in [7, 11) is 0. The van der Waals surface area contributed by atoms with Crippen molar-refractivity contribution in [3.05, 3.63) is 60.2 Å². The number of cyclic esters (lactones) is 1. The molecule has 43 heavy (non-hydrogen) atoms. The van der Waals surface area contributed by atoms with Gasteiger partial charge in [-0.15, -0.1) is 0 Å². The first-order chi connectivity index (χ1) is 20.6. The standard InChI is InChI=1S/C33H43N3O7/c1-5-21(4)24(18-37)36-29-32(41)35(20(2)3)17-11-16-33(29)28(31(36)40)27-25(43-33)14-9-10-15-26(38)42-19-23(34-30(27)39)22-12-7-6-8-13-22/h6-9,11-14,16,20-21,23-25,27-29,37H,5,10,15,17-19H2,1-4H3,(H,34,39)/b14-9-/t21-,23+,24-,25-,27+,28+,29-,33+/m0/s1. The number of benzene rings is 1. The van der Waals surface area contributed by atoms with E-state index < -0.39 is 47.6 Å². The van der Waals surface area contributed by atoms with E-state index in [1.54, 1.807) is 23.1 Å². The molecule has 2 saturated heterocycles. The zero-order valence-electron chi connectivity index (χ0n) is 25.3. The van der Waals surface area contributed by atoms with E-state index >= 15 is 0 Å². The molecule has 10 heteroatoms. The second-order valence-electron chi connectivity index (χ2n) is 12.3. The van der Waals surface area contributed by atoms with Crippen LogP contribution in [0.15, 0.2) is 54.6 Å². The number of fused-ring (bicyclic) bond motifs is 2. The van der Waals surface area contributed by atoms with Crippen LogP contribution in [0.2, 0.25) is 0 Å². The monoisotopic (exact) mass is 593 g/mol. The molecule has 4 aliphatic heterocycles. The van der Waals surface area contributed by atoms with Crippen LogP contribution in [-0.2, 0) is 28.7 Å². The van der Waals surface area contributed by atoms with E-state index in [0.29, 0.717) is 19.4 Å². The van der Waals surface area contributed by atoms with Crippen molar-refractivity contribution in [3.63, 3.8) is 0 Å². The Bertz CT molecular complexity index is 1280. The highest BCUT2D eigenvalue weighted by Crippen LogP contribution is 2.54. The summed E-state index contributed by atoms with van der Waals surface area (Å²) in [5, 5.41) is 13.6. The molecule has 5 rings (SSSR count). The number of likely N-dealkylation sites (tertiary alicyclic amines) is 1. The van der Waals surface area contributed by atoms with Gasteiger partial charge in [0.25, 0.3) is 0 Å². The molecule has 4 aliphatic rings. The van der Waals surface area contributed by atoms with Gasteiger partial charge in [0.15, 0.2) is 0 Å². The molecule has 0 bridgehead atoms. The van der Waals surface area contributed by atoms with Gasteiger partial charge in [-0.3, -0.25) is 19.2 Å². The van der Waals surface area contributed by atoms with Crippen molar-refractivity contribution in [1.82, 2.24) is 15.1 Å². The van der Waals surface area contributed by atoms with E-state index in [4.69, 9.17) is 9.47 Å². The fraction of sp³-hybridized carbons (Fsp3) is 0.576. The predicted octanol–water partition coefficient (Wildman–Crippen LogP) is 2.53. The number of aliphatic hydroxyl groups excluding tert-OH is 1. The molecule has 8 atom stereocenters. The predicted molar refractivity (Wildman–Crippen MR) is 158 cm³/mol. The average Bonchev–Trinajstić information content (AvgIpc) is 3.38. The van der Waals surface area contributed by atoms with Gasteiger partial charge < -0.3 is 29.7 Å². The first kappa shape index (κ1) is 30.9. The van der Waals surface area contributed by atoms with Crippen LogP contribution in [0.25, 0.3) is 0 Å². The number of nitrogens with zero attached hydrogens (tertiary/aromatic N) is 2. The Kier molecular flexibility index (Phi) is 9.08. The number of carbonyl (C=O) groups excluding carboxylic acids is 4. The van der Waals surface area contributed by atoms with Crippen molar-refractivity contribution in [2.75, 3.05) is 19.8 Å². The van der Waals surface area contributed by atoms with Gasteiger partial charge in [0.05, 0.1) is 36.6 Å². The molecule has 0 saturated carbocycles. The normalized spacial score (nSPS) is 33.4. The highest BCUT2D eigenvalue weighted by atomic mass is 16.5. The topological polar surface area (TPSA) is 125 Å². The third-order valence-corrected chi connectivity index (χ3v) is 9.50. The molecule has 1 aromatic carbocycles. The van der Waals surface area contributed by atoms with Crippen LogP contribution in [0.1, 0.15) is 58.6 Å². The van der Waals surface area contributed by atoms with Crippen molar-refractivity contribution >= 4 is 23.7 Å². The number of hydrogen-bond donors (Lipinski definition) is 2. The second kappa shape index (κ2) is 12.6. The Morgan fingerprint density at radius 3 is 2.49 bits per heavy atom. The van der Waals surface area contributed by atoms with Gasteiger partial charge in [0.1, 0.15) is 18.2 Å². The van der Waals surface area contributed by atoms with E-state index in [2.05, 4.69) is 5.32 Å². The summed E-state index contributed by atoms with van der Waals surface area (Å²) in [4.78, 5) is 58.9. The van der Waals surface area contributed by atoms with E-state index in [0.717, 1.165) is 5.56 Å². The molecule has 4 heterocycles. The average molecular weight is 594 g/mol. The van der Waals surface area contributed by atoms with Crippen molar-refractivity contribution in [2.24, 2.45) is 17.8 Å². The molecule has 232 valence electrons. The summed E-state index contributed by atoms with van der Waals surface area (Å²) in [5.41, 5.74) is -0.655. The molecular formula is C33H43N3O7. The number of rotatable bonds is 6. The van der Waals surface area contributed by atoms with E-state index in [-0.39, 0.29) is 49.4 Å². The second-order valence-corrected chi connectivity index (χ2v) is 12.3. The molecule has 0 aromatic heterocycles. The smallest absolute Gasteiger partial charge is 0.306 e. The lowest BCUT2D eigenvalue weighted by molar-refractivity contribution is -0.153. The minimum Gasteiger partial charge on any atom is -0.463 e. The summed E-state index contributed by atoms with van der Waals surface area (Å²) in [5.74, 6) is -3.51. The molecule has 3 amide bonds. The van der Waals surface area contributed by atoms with Crippen molar-refractivity contribution in [2.45, 2.75) is 82.8 Å². The van der Waals surface area contributed by atoms with E-state index in [9.17, 15) is 24.3 Å². The third-order valence-electron chi connectivity index (χ3n) is 9.50. The Morgan fingerprint density at radius 1 is 1.07 bits per heavy atom.